The molecule has 0 bridgehead atoms. The van der Waals surface area contributed by atoms with E-state index in [1.807, 2.05) is 0 Å². The smallest absolute Gasteiger partial charge is 0.330 e. The molecular weight excluding hydrogens is 264 g/mol. The molecule has 8 heteroatoms. The van der Waals surface area contributed by atoms with Crippen molar-refractivity contribution in [1.82, 2.24) is 20.4 Å². The van der Waals surface area contributed by atoms with Crippen LogP contribution in [0, 0.1) is 5.41 Å². The number of nitrogens with zero attached hydrogens (tertiary/aromatic N) is 3. The molecule has 1 fully saturated rings. The maximum absolute atomic E-state index is 12.5. The van der Waals surface area contributed by atoms with E-state index >= 15 is 0 Å². The van der Waals surface area contributed by atoms with Gasteiger partial charge in [0.15, 0.2) is 5.82 Å². The second kappa shape index (κ2) is 5.40. The van der Waals surface area contributed by atoms with Gasteiger partial charge in [0, 0.05) is 13.0 Å². The molecule has 0 unspecified atom stereocenters. The number of imide groups is 2. The SMILES string of the molecule is CCC1(CC)C(=O)NC(=O)N(CCc2ncon2)C1=O. The minimum atomic E-state index is -1.16. The lowest BCUT2D eigenvalue weighted by atomic mass is 9.78. The molecule has 8 nitrogen and oxygen atoms in total. The second-order valence-electron chi connectivity index (χ2n) is 4.60. The topological polar surface area (TPSA) is 105 Å². The molecule has 1 aliphatic heterocycles. The Balaban J connectivity index is 2.17. The molecule has 4 amide bonds. The normalized spacial score (nSPS) is 18.3. The van der Waals surface area contributed by atoms with E-state index in [0.29, 0.717) is 18.7 Å². The van der Waals surface area contributed by atoms with Crippen molar-refractivity contribution in [3.05, 3.63) is 12.2 Å². The van der Waals surface area contributed by atoms with Crippen molar-refractivity contribution in [2.24, 2.45) is 5.41 Å². The third-order valence-electron chi connectivity index (χ3n) is 3.73. The standard InChI is InChI=1S/C12H16N4O4/c1-3-12(4-2)9(17)14-11(19)16(10(12)18)6-5-8-13-7-20-15-8/h7H,3-6H2,1-2H3,(H,14,17,19). The van der Waals surface area contributed by atoms with E-state index in [1.165, 1.54) is 6.39 Å². The summed E-state index contributed by atoms with van der Waals surface area (Å²) >= 11 is 0. The van der Waals surface area contributed by atoms with Crippen LogP contribution >= 0.6 is 0 Å². The monoisotopic (exact) mass is 280 g/mol. The molecule has 1 aromatic heterocycles. The van der Waals surface area contributed by atoms with Crippen LogP contribution in [-0.2, 0) is 16.0 Å². The zero-order valence-electron chi connectivity index (χ0n) is 11.4. The summed E-state index contributed by atoms with van der Waals surface area (Å²) in [5.41, 5.74) is -1.16. The summed E-state index contributed by atoms with van der Waals surface area (Å²) in [5, 5.41) is 5.87. The van der Waals surface area contributed by atoms with Gasteiger partial charge in [-0.05, 0) is 12.8 Å². The molecule has 1 N–H and O–H groups in total. The van der Waals surface area contributed by atoms with E-state index in [1.54, 1.807) is 13.8 Å². The van der Waals surface area contributed by atoms with Crippen LogP contribution in [0.15, 0.2) is 10.9 Å². The van der Waals surface area contributed by atoms with Crippen molar-refractivity contribution in [3.63, 3.8) is 0 Å². The number of barbiturate groups is 1. The molecule has 1 saturated heterocycles. The van der Waals surface area contributed by atoms with Crippen LogP contribution in [0.2, 0.25) is 0 Å². The molecule has 2 heterocycles. The maximum Gasteiger partial charge on any atom is 0.330 e. The minimum absolute atomic E-state index is 0.110. The highest BCUT2D eigenvalue weighted by atomic mass is 16.5. The Kier molecular flexibility index (Phi) is 3.82. The van der Waals surface area contributed by atoms with Gasteiger partial charge in [0.2, 0.25) is 18.2 Å². The molecule has 0 spiro atoms. The van der Waals surface area contributed by atoms with Crippen molar-refractivity contribution in [1.29, 1.82) is 0 Å². The average molecular weight is 280 g/mol. The average Bonchev–Trinajstić information content (AvgIpc) is 2.93. The molecule has 2 rings (SSSR count). The summed E-state index contributed by atoms with van der Waals surface area (Å²) in [6, 6.07) is -0.694. The second-order valence-corrected chi connectivity index (χ2v) is 4.60. The van der Waals surface area contributed by atoms with Gasteiger partial charge >= 0.3 is 6.03 Å². The Labute approximate surface area is 115 Å². The number of hydrogen-bond acceptors (Lipinski definition) is 6. The van der Waals surface area contributed by atoms with Gasteiger partial charge in [-0.1, -0.05) is 19.0 Å². The highest BCUT2D eigenvalue weighted by Gasteiger charge is 2.51. The molecule has 108 valence electrons. The zero-order chi connectivity index (χ0) is 14.8. The van der Waals surface area contributed by atoms with Gasteiger partial charge in [-0.25, -0.2) is 4.79 Å². The molecular formula is C12H16N4O4. The van der Waals surface area contributed by atoms with E-state index in [4.69, 9.17) is 0 Å². The van der Waals surface area contributed by atoms with Gasteiger partial charge in [0.05, 0.1) is 0 Å². The summed E-state index contributed by atoms with van der Waals surface area (Å²) in [4.78, 5) is 41.1. The van der Waals surface area contributed by atoms with Gasteiger partial charge in [-0.2, -0.15) is 4.98 Å². The van der Waals surface area contributed by atoms with E-state index in [0.717, 1.165) is 4.90 Å². The van der Waals surface area contributed by atoms with Gasteiger partial charge in [-0.3, -0.25) is 19.8 Å². The third-order valence-corrected chi connectivity index (χ3v) is 3.73. The number of hydrogen-bond donors (Lipinski definition) is 1. The van der Waals surface area contributed by atoms with E-state index in [9.17, 15) is 14.4 Å². The van der Waals surface area contributed by atoms with Crippen molar-refractivity contribution in [2.45, 2.75) is 33.1 Å². The molecule has 20 heavy (non-hydrogen) atoms. The molecule has 1 aromatic rings. The first kappa shape index (κ1) is 14.2. The number of urea groups is 1. The van der Waals surface area contributed by atoms with Crippen LogP contribution in [0.25, 0.3) is 0 Å². The van der Waals surface area contributed by atoms with Crippen molar-refractivity contribution >= 4 is 17.8 Å². The van der Waals surface area contributed by atoms with Gasteiger partial charge < -0.3 is 4.52 Å². The summed E-state index contributed by atoms with van der Waals surface area (Å²) in [7, 11) is 0. The fraction of sp³-hybridized carbons (Fsp3) is 0.583. The highest BCUT2D eigenvalue weighted by molar-refractivity contribution is 6.19. The summed E-state index contributed by atoms with van der Waals surface area (Å²) in [6.45, 7) is 3.63. The van der Waals surface area contributed by atoms with Gasteiger partial charge in [0.1, 0.15) is 5.41 Å². The summed E-state index contributed by atoms with van der Waals surface area (Å²) < 4.78 is 4.59. The number of amides is 4. The van der Waals surface area contributed by atoms with Crippen LogP contribution < -0.4 is 5.32 Å². The Bertz CT molecular complexity index is 522. The Morgan fingerprint density at radius 3 is 2.55 bits per heavy atom. The first-order chi connectivity index (χ1) is 9.55. The zero-order valence-corrected chi connectivity index (χ0v) is 11.4. The number of carbonyl (C=O) groups is 3. The fourth-order valence-corrected chi connectivity index (χ4v) is 2.32. The van der Waals surface area contributed by atoms with E-state index in [2.05, 4.69) is 20.0 Å². The number of nitrogens with one attached hydrogen (secondary N) is 1. The van der Waals surface area contributed by atoms with Crippen LogP contribution in [0.4, 0.5) is 4.79 Å². The largest absolute Gasteiger partial charge is 0.343 e. The van der Waals surface area contributed by atoms with Gasteiger partial charge in [0.25, 0.3) is 0 Å². The predicted octanol–water partition coefficient (Wildman–Crippen LogP) is 0.497. The molecule has 0 aliphatic carbocycles. The summed E-state index contributed by atoms with van der Waals surface area (Å²) in [5.74, 6) is -0.575. The van der Waals surface area contributed by atoms with E-state index in [-0.39, 0.29) is 13.0 Å². The number of aromatic nitrogens is 2. The van der Waals surface area contributed by atoms with Crippen molar-refractivity contribution < 1.29 is 18.9 Å². The Morgan fingerprint density at radius 1 is 1.30 bits per heavy atom. The number of carbonyl (C=O) groups excluding carboxylic acids is 3. The maximum atomic E-state index is 12.5. The minimum Gasteiger partial charge on any atom is -0.343 e. The lowest BCUT2D eigenvalue weighted by Crippen LogP contribution is -2.63. The molecule has 1 aliphatic rings. The fourth-order valence-electron chi connectivity index (χ4n) is 2.32. The lowest BCUT2D eigenvalue weighted by Gasteiger charge is -2.38. The van der Waals surface area contributed by atoms with Crippen LogP contribution in [-0.4, -0.2) is 39.4 Å². The van der Waals surface area contributed by atoms with Gasteiger partial charge in [-0.15, -0.1) is 0 Å². The Morgan fingerprint density at radius 2 is 2.00 bits per heavy atom. The molecule has 0 atom stereocenters. The quantitative estimate of drug-likeness (QED) is 0.787. The third kappa shape index (κ3) is 2.17. The van der Waals surface area contributed by atoms with Crippen LogP contribution in [0.5, 0.6) is 0 Å². The van der Waals surface area contributed by atoms with E-state index < -0.39 is 23.3 Å². The molecule has 0 radical (unpaired) electrons. The summed E-state index contributed by atoms with van der Waals surface area (Å²) in [6.07, 6.45) is 2.16. The lowest BCUT2D eigenvalue weighted by molar-refractivity contribution is -0.152. The van der Waals surface area contributed by atoms with Crippen molar-refractivity contribution in [2.75, 3.05) is 6.54 Å². The predicted molar refractivity (Wildman–Crippen MR) is 66.3 cm³/mol. The number of rotatable bonds is 5. The molecule has 0 saturated carbocycles. The van der Waals surface area contributed by atoms with Crippen molar-refractivity contribution in [3.8, 4) is 0 Å². The molecule has 0 aromatic carbocycles. The first-order valence-corrected chi connectivity index (χ1v) is 6.47. The highest BCUT2D eigenvalue weighted by Crippen LogP contribution is 2.32. The first-order valence-electron chi connectivity index (χ1n) is 6.47. The van der Waals surface area contributed by atoms with Crippen LogP contribution in [0.1, 0.15) is 32.5 Å². The van der Waals surface area contributed by atoms with Crippen LogP contribution in [0.3, 0.4) is 0 Å². The Hall–Kier alpha value is -2.25.